The van der Waals surface area contributed by atoms with Crippen LogP contribution in [0, 0.1) is 13.8 Å². The first-order valence-electron chi connectivity index (χ1n) is 10.6. The average molecular weight is 450 g/mol. The Bertz CT molecular complexity index is 1240. The van der Waals surface area contributed by atoms with E-state index < -0.39 is 0 Å². The van der Waals surface area contributed by atoms with Gasteiger partial charge in [-0.1, -0.05) is 12.1 Å². The predicted molar refractivity (Wildman–Crippen MR) is 123 cm³/mol. The van der Waals surface area contributed by atoms with Gasteiger partial charge in [0.25, 0.3) is 5.56 Å². The zero-order valence-electron chi connectivity index (χ0n) is 18.6. The van der Waals surface area contributed by atoms with Gasteiger partial charge in [0.05, 0.1) is 0 Å². The maximum Gasteiger partial charge on any atom is 0.293 e. The highest BCUT2D eigenvalue weighted by atomic mass is 16.7. The molecule has 0 saturated carbocycles. The molecule has 0 saturated heterocycles. The number of ether oxygens (including phenoxy) is 2. The Kier molecular flexibility index (Phi) is 6.43. The number of aryl methyl sites for hydroxylation is 2. The fourth-order valence-corrected chi connectivity index (χ4v) is 3.50. The summed E-state index contributed by atoms with van der Waals surface area (Å²) in [7, 11) is 0. The molecule has 2 aromatic heterocycles. The number of nitrogens with zero attached hydrogens (tertiary/aromatic N) is 3. The molecule has 4 rings (SSSR count). The summed E-state index contributed by atoms with van der Waals surface area (Å²) in [6, 6.07) is 9.26. The molecular formula is C23H26N6O4. The first-order chi connectivity index (χ1) is 15.9. The molecule has 3 heterocycles. The van der Waals surface area contributed by atoms with Crippen LogP contribution in [0.25, 0.3) is 0 Å². The standard InChI is InChI=1S/C23H26N6O4/c1-14-10-27-22(25-8-7-16-3-5-18-19(9-16)33-13-32-18)23(31)29(14)12-21(30)26-11-17-4-6-20(24)28-15(17)2/h3-6,9-10H,7-8,11-13H2,1-2H3,(H2,24,28)(H,25,27)(H,26,30). The van der Waals surface area contributed by atoms with E-state index in [9.17, 15) is 9.59 Å². The van der Waals surface area contributed by atoms with E-state index in [-0.39, 0.29) is 30.6 Å². The summed E-state index contributed by atoms with van der Waals surface area (Å²) in [5.41, 5.74) is 8.58. The van der Waals surface area contributed by atoms with E-state index in [1.165, 1.54) is 4.57 Å². The molecule has 33 heavy (non-hydrogen) atoms. The first kappa shape index (κ1) is 22.1. The molecule has 1 aliphatic rings. The largest absolute Gasteiger partial charge is 0.454 e. The number of carbonyl (C=O) groups excluding carboxylic acids is 1. The van der Waals surface area contributed by atoms with Gasteiger partial charge in [0.1, 0.15) is 12.4 Å². The molecular weight excluding hydrogens is 424 g/mol. The van der Waals surface area contributed by atoms with Crippen molar-refractivity contribution >= 4 is 17.5 Å². The predicted octanol–water partition coefficient (Wildman–Crippen LogP) is 1.54. The number of hydrogen-bond acceptors (Lipinski definition) is 8. The van der Waals surface area contributed by atoms with Gasteiger partial charge in [-0.05, 0) is 49.6 Å². The van der Waals surface area contributed by atoms with Crippen LogP contribution in [0.3, 0.4) is 0 Å². The smallest absolute Gasteiger partial charge is 0.293 e. The molecule has 1 aromatic carbocycles. The summed E-state index contributed by atoms with van der Waals surface area (Å²) in [6.07, 6.45) is 2.24. The van der Waals surface area contributed by atoms with Gasteiger partial charge in [0.2, 0.25) is 12.7 Å². The molecule has 3 aromatic rings. The van der Waals surface area contributed by atoms with Crippen molar-refractivity contribution in [1.82, 2.24) is 19.9 Å². The van der Waals surface area contributed by atoms with E-state index >= 15 is 0 Å². The highest BCUT2D eigenvalue weighted by molar-refractivity contribution is 5.75. The number of nitrogens with two attached hydrogens (primary N) is 1. The van der Waals surface area contributed by atoms with Crippen LogP contribution in [0.1, 0.15) is 22.5 Å². The van der Waals surface area contributed by atoms with Crippen molar-refractivity contribution in [2.45, 2.75) is 33.4 Å². The van der Waals surface area contributed by atoms with Crippen molar-refractivity contribution < 1.29 is 14.3 Å². The number of aromatic nitrogens is 3. The number of rotatable bonds is 8. The average Bonchev–Trinajstić information content (AvgIpc) is 3.25. The van der Waals surface area contributed by atoms with Gasteiger partial charge in [-0.3, -0.25) is 14.2 Å². The second-order valence-corrected chi connectivity index (χ2v) is 7.76. The third kappa shape index (κ3) is 5.22. The Morgan fingerprint density at radius 3 is 2.82 bits per heavy atom. The summed E-state index contributed by atoms with van der Waals surface area (Å²) < 4.78 is 12.1. The maximum absolute atomic E-state index is 12.9. The van der Waals surface area contributed by atoms with E-state index in [4.69, 9.17) is 15.2 Å². The van der Waals surface area contributed by atoms with Crippen molar-refractivity contribution in [1.29, 1.82) is 0 Å². The zero-order valence-corrected chi connectivity index (χ0v) is 18.6. The fraction of sp³-hybridized carbons (Fsp3) is 0.304. The van der Waals surface area contributed by atoms with Gasteiger partial charge in [0, 0.05) is 30.7 Å². The molecule has 10 heteroatoms. The van der Waals surface area contributed by atoms with Crippen LogP contribution < -0.4 is 31.4 Å². The minimum atomic E-state index is -0.346. The molecule has 1 amide bonds. The minimum absolute atomic E-state index is 0.106. The Morgan fingerprint density at radius 2 is 2.00 bits per heavy atom. The van der Waals surface area contributed by atoms with Crippen LogP contribution in [0.5, 0.6) is 11.5 Å². The number of benzene rings is 1. The molecule has 0 fully saturated rings. The van der Waals surface area contributed by atoms with Crippen molar-refractivity contribution in [2.75, 3.05) is 24.4 Å². The van der Waals surface area contributed by atoms with Gasteiger partial charge in [-0.2, -0.15) is 0 Å². The SMILES string of the molecule is Cc1nc(N)ccc1CNC(=O)Cn1c(C)cnc(NCCc2ccc3c(c2)OCO3)c1=O. The highest BCUT2D eigenvalue weighted by Crippen LogP contribution is 2.32. The summed E-state index contributed by atoms with van der Waals surface area (Å²) in [6.45, 7) is 4.50. The van der Waals surface area contributed by atoms with Crippen molar-refractivity contribution in [2.24, 2.45) is 0 Å². The monoisotopic (exact) mass is 450 g/mol. The number of pyridine rings is 1. The number of nitrogens with one attached hydrogen (secondary N) is 2. The van der Waals surface area contributed by atoms with Crippen LogP contribution in [0.2, 0.25) is 0 Å². The molecule has 0 bridgehead atoms. The summed E-state index contributed by atoms with van der Waals surface area (Å²) in [5.74, 6) is 1.80. The maximum atomic E-state index is 12.9. The highest BCUT2D eigenvalue weighted by Gasteiger charge is 2.14. The van der Waals surface area contributed by atoms with Gasteiger partial charge in [0.15, 0.2) is 17.3 Å². The van der Waals surface area contributed by atoms with Gasteiger partial charge < -0.3 is 25.8 Å². The van der Waals surface area contributed by atoms with Crippen LogP contribution in [0.15, 0.2) is 41.3 Å². The lowest BCUT2D eigenvalue weighted by Crippen LogP contribution is -2.34. The number of hydrogen-bond donors (Lipinski definition) is 3. The Morgan fingerprint density at radius 1 is 1.18 bits per heavy atom. The molecule has 0 unspecified atom stereocenters. The molecule has 10 nitrogen and oxygen atoms in total. The Labute approximate surface area is 190 Å². The third-order valence-electron chi connectivity index (χ3n) is 5.39. The summed E-state index contributed by atoms with van der Waals surface area (Å²) in [4.78, 5) is 33.8. The normalized spacial score (nSPS) is 11.9. The van der Waals surface area contributed by atoms with E-state index in [0.29, 0.717) is 31.0 Å². The summed E-state index contributed by atoms with van der Waals surface area (Å²) >= 11 is 0. The third-order valence-corrected chi connectivity index (χ3v) is 5.39. The van der Waals surface area contributed by atoms with E-state index in [1.807, 2.05) is 31.2 Å². The number of fused-ring (bicyclic) bond motifs is 1. The lowest BCUT2D eigenvalue weighted by Gasteiger charge is -2.13. The fourth-order valence-electron chi connectivity index (χ4n) is 3.50. The second kappa shape index (κ2) is 9.60. The topological polar surface area (TPSA) is 133 Å². The molecule has 172 valence electrons. The molecule has 4 N–H and O–H groups in total. The molecule has 0 aliphatic carbocycles. The first-order valence-corrected chi connectivity index (χ1v) is 10.6. The van der Waals surface area contributed by atoms with Gasteiger partial charge in [-0.25, -0.2) is 9.97 Å². The molecule has 0 atom stereocenters. The van der Waals surface area contributed by atoms with E-state index in [1.54, 1.807) is 19.2 Å². The van der Waals surface area contributed by atoms with Crippen LogP contribution >= 0.6 is 0 Å². The van der Waals surface area contributed by atoms with Crippen molar-refractivity contribution in [3.8, 4) is 11.5 Å². The number of anilines is 2. The van der Waals surface area contributed by atoms with E-state index in [0.717, 1.165) is 28.3 Å². The van der Waals surface area contributed by atoms with Crippen LogP contribution in [0.4, 0.5) is 11.6 Å². The number of carbonyl (C=O) groups is 1. The zero-order chi connectivity index (χ0) is 23.4. The van der Waals surface area contributed by atoms with Crippen LogP contribution in [-0.2, 0) is 24.3 Å². The molecule has 0 spiro atoms. The molecule has 1 aliphatic heterocycles. The Balaban J connectivity index is 1.36. The Hall–Kier alpha value is -4.08. The van der Waals surface area contributed by atoms with E-state index in [2.05, 4.69) is 20.6 Å². The molecule has 0 radical (unpaired) electrons. The van der Waals surface area contributed by atoms with Crippen molar-refractivity contribution in [3.63, 3.8) is 0 Å². The lowest BCUT2D eigenvalue weighted by molar-refractivity contribution is -0.121. The quantitative estimate of drug-likeness (QED) is 0.471. The van der Waals surface area contributed by atoms with Gasteiger partial charge in [-0.15, -0.1) is 0 Å². The number of amides is 1. The number of nitrogen functional groups attached to an aromatic ring is 1. The summed E-state index contributed by atoms with van der Waals surface area (Å²) in [5, 5.41) is 5.90. The lowest BCUT2D eigenvalue weighted by atomic mass is 10.1. The second-order valence-electron chi connectivity index (χ2n) is 7.76. The van der Waals surface area contributed by atoms with Gasteiger partial charge >= 0.3 is 0 Å². The van der Waals surface area contributed by atoms with Crippen LogP contribution in [-0.4, -0.2) is 33.8 Å². The minimum Gasteiger partial charge on any atom is -0.454 e. The van der Waals surface area contributed by atoms with Crippen molar-refractivity contribution in [3.05, 3.63) is 69.4 Å².